The molecule has 6 heteroatoms. The van der Waals surface area contributed by atoms with Crippen LogP contribution < -0.4 is 19.9 Å². The van der Waals surface area contributed by atoms with E-state index in [2.05, 4.69) is 39.0 Å². The van der Waals surface area contributed by atoms with E-state index in [1.54, 1.807) is 14.2 Å². The molecule has 0 aliphatic heterocycles. The van der Waals surface area contributed by atoms with Crippen molar-refractivity contribution in [3.05, 3.63) is 87.9 Å². The zero-order chi connectivity index (χ0) is 22.1. The molecule has 5 nitrogen and oxygen atoms in total. The first-order chi connectivity index (χ1) is 15.1. The monoisotopic (exact) mass is 484 g/mol. The van der Waals surface area contributed by atoms with E-state index < -0.39 is 0 Å². The lowest BCUT2D eigenvalue weighted by Gasteiger charge is -2.23. The molecule has 0 atom stereocenters. The molecule has 2 N–H and O–H groups in total. The summed E-state index contributed by atoms with van der Waals surface area (Å²) in [5.74, 6) is 2.29. The summed E-state index contributed by atoms with van der Waals surface area (Å²) in [5.41, 5.74) is 9.32. The van der Waals surface area contributed by atoms with Crippen LogP contribution in [-0.4, -0.2) is 32.2 Å². The molecular formula is C25H29BrN2O3. The largest absolute Gasteiger partial charge is 0.496 e. The van der Waals surface area contributed by atoms with Gasteiger partial charge in [0.05, 0.1) is 18.7 Å². The van der Waals surface area contributed by atoms with Crippen molar-refractivity contribution in [2.45, 2.75) is 19.7 Å². The first-order valence-electron chi connectivity index (χ1n) is 10.2. The van der Waals surface area contributed by atoms with Crippen molar-refractivity contribution in [3.8, 4) is 17.2 Å². The van der Waals surface area contributed by atoms with Crippen molar-refractivity contribution in [1.29, 1.82) is 0 Å². The van der Waals surface area contributed by atoms with E-state index in [-0.39, 0.29) is 0 Å². The third kappa shape index (κ3) is 6.72. The van der Waals surface area contributed by atoms with Crippen LogP contribution in [0.4, 0.5) is 0 Å². The first kappa shape index (κ1) is 23.1. The second kappa shape index (κ2) is 11.7. The molecule has 0 spiro atoms. The Labute approximate surface area is 192 Å². The number of halogens is 1. The molecule has 164 valence electrons. The Morgan fingerprint density at radius 1 is 0.774 bits per heavy atom. The predicted molar refractivity (Wildman–Crippen MR) is 128 cm³/mol. The molecular weight excluding hydrogens is 456 g/mol. The third-order valence-electron chi connectivity index (χ3n) is 4.94. The number of ether oxygens (including phenoxy) is 3. The fourth-order valence-corrected chi connectivity index (χ4v) is 3.97. The molecule has 0 saturated heterocycles. The van der Waals surface area contributed by atoms with E-state index in [0.29, 0.717) is 13.2 Å². The van der Waals surface area contributed by atoms with Crippen LogP contribution >= 0.6 is 15.9 Å². The van der Waals surface area contributed by atoms with Gasteiger partial charge >= 0.3 is 0 Å². The minimum Gasteiger partial charge on any atom is -0.496 e. The molecule has 0 heterocycles. The highest BCUT2D eigenvalue weighted by atomic mass is 79.9. The Bertz CT molecular complexity index is 966. The molecule has 0 radical (unpaired) electrons. The molecule has 0 fully saturated rings. The summed E-state index contributed by atoms with van der Waals surface area (Å²) in [6, 6.07) is 22.3. The zero-order valence-electron chi connectivity index (χ0n) is 18.0. The van der Waals surface area contributed by atoms with Crippen LogP contribution in [0.25, 0.3) is 0 Å². The van der Waals surface area contributed by atoms with Crippen LogP contribution in [0.5, 0.6) is 17.2 Å². The maximum absolute atomic E-state index is 5.98. The number of hydrogen-bond acceptors (Lipinski definition) is 5. The summed E-state index contributed by atoms with van der Waals surface area (Å²) in [7, 11) is 3.34. The highest BCUT2D eigenvalue weighted by Crippen LogP contribution is 2.30. The average Bonchev–Trinajstić information content (AvgIpc) is 2.79. The fourth-order valence-electron chi connectivity index (χ4n) is 3.39. The van der Waals surface area contributed by atoms with Gasteiger partial charge in [-0.15, -0.1) is 0 Å². The predicted octanol–water partition coefficient (Wildman–Crippen LogP) is 5.01. The Morgan fingerprint density at radius 2 is 1.42 bits per heavy atom. The van der Waals surface area contributed by atoms with Gasteiger partial charge < -0.3 is 19.9 Å². The van der Waals surface area contributed by atoms with Crippen molar-refractivity contribution in [2.75, 3.05) is 27.3 Å². The number of nitrogens with zero attached hydrogens (tertiary/aromatic N) is 1. The van der Waals surface area contributed by atoms with Gasteiger partial charge in [0.25, 0.3) is 0 Å². The average molecular weight is 485 g/mol. The topological polar surface area (TPSA) is 57.0 Å². The summed E-state index contributed by atoms with van der Waals surface area (Å²) >= 11 is 3.56. The lowest BCUT2D eigenvalue weighted by atomic mass is 10.1. The van der Waals surface area contributed by atoms with Crippen LogP contribution in [0.3, 0.4) is 0 Å². The van der Waals surface area contributed by atoms with Crippen LogP contribution in [0.15, 0.2) is 71.2 Å². The highest BCUT2D eigenvalue weighted by Gasteiger charge is 2.12. The molecule has 0 unspecified atom stereocenters. The standard InChI is InChI=1S/C25H29BrN2O3/c1-29-23-10-8-20(14-22(23)26)16-28(13-12-27)17-21-9-11-24(25(15-21)30-2)31-18-19-6-4-3-5-7-19/h3-11,14-15H,12-13,16-18,27H2,1-2H3. The molecule has 3 aromatic carbocycles. The van der Waals surface area contributed by atoms with Crippen molar-refractivity contribution >= 4 is 15.9 Å². The second-order valence-electron chi connectivity index (χ2n) is 7.23. The fraction of sp³-hybridized carbons (Fsp3) is 0.280. The summed E-state index contributed by atoms with van der Waals surface area (Å²) in [5, 5.41) is 0. The Balaban J connectivity index is 1.68. The molecule has 3 rings (SSSR count). The van der Waals surface area contributed by atoms with E-state index in [4.69, 9.17) is 19.9 Å². The lowest BCUT2D eigenvalue weighted by Crippen LogP contribution is -2.28. The SMILES string of the molecule is COc1ccc(CN(CCN)Cc2ccc(OCc3ccccc3)c(OC)c2)cc1Br. The molecule has 0 aliphatic carbocycles. The van der Waals surface area contributed by atoms with E-state index in [1.807, 2.05) is 48.5 Å². The van der Waals surface area contributed by atoms with Crippen molar-refractivity contribution in [3.63, 3.8) is 0 Å². The zero-order valence-corrected chi connectivity index (χ0v) is 19.6. The first-order valence-corrected chi connectivity index (χ1v) is 11.0. The molecule has 0 aromatic heterocycles. The summed E-state index contributed by atoms with van der Waals surface area (Å²) < 4.78 is 17.8. The van der Waals surface area contributed by atoms with Gasteiger partial charge in [-0.2, -0.15) is 0 Å². The van der Waals surface area contributed by atoms with Gasteiger partial charge in [0, 0.05) is 26.2 Å². The lowest BCUT2D eigenvalue weighted by molar-refractivity contribution is 0.262. The number of nitrogens with two attached hydrogens (primary N) is 1. The number of methoxy groups -OCH3 is 2. The molecule has 31 heavy (non-hydrogen) atoms. The van der Waals surface area contributed by atoms with E-state index >= 15 is 0 Å². The Morgan fingerprint density at radius 3 is 2.03 bits per heavy atom. The van der Waals surface area contributed by atoms with Crippen molar-refractivity contribution < 1.29 is 14.2 Å². The van der Waals surface area contributed by atoms with Gasteiger partial charge in [-0.05, 0) is 56.9 Å². The number of rotatable bonds is 11. The van der Waals surface area contributed by atoms with Gasteiger partial charge in [-0.1, -0.05) is 42.5 Å². The van der Waals surface area contributed by atoms with Crippen molar-refractivity contribution in [1.82, 2.24) is 4.90 Å². The van der Waals surface area contributed by atoms with Gasteiger partial charge in [0.1, 0.15) is 12.4 Å². The molecule has 0 amide bonds. The van der Waals surface area contributed by atoms with Gasteiger partial charge in [-0.25, -0.2) is 0 Å². The summed E-state index contributed by atoms with van der Waals surface area (Å²) in [6.45, 7) is 3.43. The molecule has 0 saturated carbocycles. The minimum atomic E-state index is 0.502. The third-order valence-corrected chi connectivity index (χ3v) is 5.56. The van der Waals surface area contributed by atoms with Crippen molar-refractivity contribution in [2.24, 2.45) is 5.73 Å². The minimum absolute atomic E-state index is 0.502. The summed E-state index contributed by atoms with van der Waals surface area (Å²) in [4.78, 5) is 2.31. The number of hydrogen-bond donors (Lipinski definition) is 1. The van der Waals surface area contributed by atoms with E-state index in [0.717, 1.165) is 52.5 Å². The van der Waals surface area contributed by atoms with Crippen LogP contribution in [0.2, 0.25) is 0 Å². The maximum atomic E-state index is 5.98. The second-order valence-corrected chi connectivity index (χ2v) is 8.08. The molecule has 3 aromatic rings. The Kier molecular flexibility index (Phi) is 8.76. The van der Waals surface area contributed by atoms with E-state index in [1.165, 1.54) is 5.56 Å². The van der Waals surface area contributed by atoms with Crippen LogP contribution in [0, 0.1) is 0 Å². The van der Waals surface area contributed by atoms with Gasteiger partial charge in [0.15, 0.2) is 11.5 Å². The Hall–Kier alpha value is -2.54. The normalized spacial score (nSPS) is 10.9. The quantitative estimate of drug-likeness (QED) is 0.414. The van der Waals surface area contributed by atoms with Crippen LogP contribution in [-0.2, 0) is 19.7 Å². The highest BCUT2D eigenvalue weighted by molar-refractivity contribution is 9.10. The number of benzene rings is 3. The smallest absolute Gasteiger partial charge is 0.161 e. The molecule has 0 bridgehead atoms. The van der Waals surface area contributed by atoms with Gasteiger partial charge in [-0.3, -0.25) is 4.90 Å². The van der Waals surface area contributed by atoms with E-state index in [9.17, 15) is 0 Å². The maximum Gasteiger partial charge on any atom is 0.161 e. The summed E-state index contributed by atoms with van der Waals surface area (Å²) in [6.07, 6.45) is 0. The van der Waals surface area contributed by atoms with Gasteiger partial charge in [0.2, 0.25) is 0 Å². The molecule has 0 aliphatic rings. The van der Waals surface area contributed by atoms with Crippen LogP contribution in [0.1, 0.15) is 16.7 Å².